The van der Waals surface area contributed by atoms with E-state index >= 15 is 0 Å². The zero-order valence-corrected chi connectivity index (χ0v) is 13.4. The molecule has 0 fully saturated rings. The molecule has 112 valence electrons. The summed E-state index contributed by atoms with van der Waals surface area (Å²) in [5.41, 5.74) is 9.65. The van der Waals surface area contributed by atoms with Crippen molar-refractivity contribution in [3.05, 3.63) is 59.2 Å². The van der Waals surface area contributed by atoms with E-state index in [1.165, 1.54) is 11.1 Å². The molecule has 2 N–H and O–H groups in total. The van der Waals surface area contributed by atoms with Gasteiger partial charge in [-0.05, 0) is 55.5 Å². The van der Waals surface area contributed by atoms with Crippen LogP contribution in [0, 0.1) is 6.92 Å². The van der Waals surface area contributed by atoms with Gasteiger partial charge in [0.1, 0.15) is 11.5 Å². The van der Waals surface area contributed by atoms with E-state index in [2.05, 4.69) is 45.0 Å². The van der Waals surface area contributed by atoms with Crippen molar-refractivity contribution in [3.8, 4) is 11.5 Å². The number of ether oxygens (including phenoxy) is 1. The second kappa shape index (κ2) is 6.77. The Labute approximate surface area is 127 Å². The van der Waals surface area contributed by atoms with Gasteiger partial charge in [-0.15, -0.1) is 0 Å². The minimum absolute atomic E-state index is 0.123. The molecule has 0 aliphatic carbocycles. The van der Waals surface area contributed by atoms with Gasteiger partial charge in [0.2, 0.25) is 0 Å². The fourth-order valence-corrected chi connectivity index (χ4v) is 2.36. The van der Waals surface area contributed by atoms with Crippen LogP contribution in [0.1, 0.15) is 43.4 Å². The Morgan fingerprint density at radius 3 is 2.24 bits per heavy atom. The molecular weight excluding hydrogens is 258 g/mol. The molecule has 0 bridgehead atoms. The van der Waals surface area contributed by atoms with Crippen LogP contribution in [-0.2, 0) is 6.42 Å². The van der Waals surface area contributed by atoms with Crippen LogP contribution in [0.3, 0.4) is 0 Å². The molecule has 0 radical (unpaired) electrons. The second-order valence-corrected chi connectivity index (χ2v) is 6.12. The monoisotopic (exact) mass is 283 g/mol. The highest BCUT2D eigenvalue weighted by Gasteiger charge is 2.08. The Hall–Kier alpha value is -1.80. The summed E-state index contributed by atoms with van der Waals surface area (Å²) in [4.78, 5) is 0. The molecule has 0 saturated heterocycles. The molecule has 0 aliphatic rings. The lowest BCUT2D eigenvalue weighted by Crippen LogP contribution is -2.18. The summed E-state index contributed by atoms with van der Waals surface area (Å²) in [5, 5.41) is 0. The topological polar surface area (TPSA) is 35.2 Å². The first kappa shape index (κ1) is 15.6. The summed E-state index contributed by atoms with van der Waals surface area (Å²) in [6.45, 7) is 8.49. The molecular formula is C19H25NO. The molecule has 0 spiro atoms. The molecule has 0 heterocycles. The summed E-state index contributed by atoms with van der Waals surface area (Å²) in [6.07, 6.45) is 0.821. The highest BCUT2D eigenvalue weighted by Crippen LogP contribution is 2.28. The van der Waals surface area contributed by atoms with E-state index in [0.717, 1.165) is 23.5 Å². The van der Waals surface area contributed by atoms with Crippen molar-refractivity contribution in [1.82, 2.24) is 0 Å². The van der Waals surface area contributed by atoms with E-state index in [4.69, 9.17) is 10.5 Å². The van der Waals surface area contributed by atoms with Crippen molar-refractivity contribution in [2.45, 2.75) is 46.1 Å². The number of hydrogen-bond donors (Lipinski definition) is 1. The van der Waals surface area contributed by atoms with E-state index in [1.807, 2.05) is 25.1 Å². The van der Waals surface area contributed by atoms with Crippen molar-refractivity contribution < 1.29 is 4.74 Å². The maximum atomic E-state index is 6.04. The average Bonchev–Trinajstić information content (AvgIpc) is 2.42. The Morgan fingerprint density at radius 1 is 1.00 bits per heavy atom. The molecule has 2 aromatic rings. The first-order valence-electron chi connectivity index (χ1n) is 7.58. The van der Waals surface area contributed by atoms with Gasteiger partial charge < -0.3 is 10.5 Å². The van der Waals surface area contributed by atoms with Crippen LogP contribution in [0.25, 0.3) is 0 Å². The number of benzene rings is 2. The maximum absolute atomic E-state index is 6.04. The average molecular weight is 283 g/mol. The van der Waals surface area contributed by atoms with E-state index < -0.39 is 0 Å². The lowest BCUT2D eigenvalue weighted by atomic mass is 10.0. The van der Waals surface area contributed by atoms with Gasteiger partial charge in [0.15, 0.2) is 0 Å². The smallest absolute Gasteiger partial charge is 0.130 e. The summed E-state index contributed by atoms with van der Waals surface area (Å²) in [7, 11) is 0. The number of nitrogens with two attached hydrogens (primary N) is 1. The predicted octanol–water partition coefficient (Wildman–Crippen LogP) is 4.80. The molecule has 0 amide bonds. The van der Waals surface area contributed by atoms with Crippen molar-refractivity contribution in [2.24, 2.45) is 5.73 Å². The molecule has 1 atom stereocenters. The van der Waals surface area contributed by atoms with Gasteiger partial charge in [0.05, 0.1) is 0 Å². The van der Waals surface area contributed by atoms with Gasteiger partial charge in [-0.3, -0.25) is 0 Å². The standard InChI is InChI=1S/C19H25NO/c1-13(2)16-6-8-18(9-7-16)21-19-10-5-14(3)11-17(19)12-15(4)20/h5-11,13,15H,12,20H2,1-4H3. The van der Waals surface area contributed by atoms with E-state index in [9.17, 15) is 0 Å². The Balaban J connectivity index is 2.22. The first-order chi connectivity index (χ1) is 9.95. The lowest BCUT2D eigenvalue weighted by Gasteiger charge is -2.14. The van der Waals surface area contributed by atoms with Crippen molar-refractivity contribution in [3.63, 3.8) is 0 Å². The first-order valence-corrected chi connectivity index (χ1v) is 7.58. The Bertz CT molecular complexity index is 585. The van der Waals surface area contributed by atoms with Gasteiger partial charge in [-0.2, -0.15) is 0 Å². The van der Waals surface area contributed by atoms with E-state index in [-0.39, 0.29) is 6.04 Å². The summed E-state index contributed by atoms with van der Waals surface area (Å²) >= 11 is 0. The second-order valence-electron chi connectivity index (χ2n) is 6.12. The Kier molecular flexibility index (Phi) is 5.03. The van der Waals surface area contributed by atoms with Crippen LogP contribution in [0.15, 0.2) is 42.5 Å². The highest BCUT2D eigenvalue weighted by molar-refractivity contribution is 5.41. The van der Waals surface area contributed by atoms with Gasteiger partial charge in [-0.1, -0.05) is 43.7 Å². The van der Waals surface area contributed by atoms with Crippen LogP contribution in [0.4, 0.5) is 0 Å². The maximum Gasteiger partial charge on any atom is 0.130 e. The van der Waals surface area contributed by atoms with Gasteiger partial charge >= 0.3 is 0 Å². The van der Waals surface area contributed by atoms with E-state index in [1.54, 1.807) is 0 Å². The third kappa shape index (κ3) is 4.33. The zero-order valence-electron chi connectivity index (χ0n) is 13.4. The van der Waals surface area contributed by atoms with Gasteiger partial charge in [0, 0.05) is 6.04 Å². The molecule has 0 saturated carbocycles. The molecule has 21 heavy (non-hydrogen) atoms. The van der Waals surface area contributed by atoms with Crippen LogP contribution >= 0.6 is 0 Å². The van der Waals surface area contributed by atoms with Crippen LogP contribution in [-0.4, -0.2) is 6.04 Å². The zero-order chi connectivity index (χ0) is 15.4. The van der Waals surface area contributed by atoms with Crippen LogP contribution in [0.5, 0.6) is 11.5 Å². The van der Waals surface area contributed by atoms with Crippen molar-refractivity contribution >= 4 is 0 Å². The van der Waals surface area contributed by atoms with Gasteiger partial charge in [0.25, 0.3) is 0 Å². The SMILES string of the molecule is Cc1ccc(Oc2ccc(C(C)C)cc2)c(CC(C)N)c1. The van der Waals surface area contributed by atoms with E-state index in [0.29, 0.717) is 5.92 Å². The molecule has 2 heteroatoms. The van der Waals surface area contributed by atoms with Crippen LogP contribution < -0.4 is 10.5 Å². The molecule has 0 aliphatic heterocycles. The molecule has 1 unspecified atom stereocenters. The van der Waals surface area contributed by atoms with Gasteiger partial charge in [-0.25, -0.2) is 0 Å². The fourth-order valence-electron chi connectivity index (χ4n) is 2.36. The summed E-state index contributed by atoms with van der Waals surface area (Å²) in [5.74, 6) is 2.30. The predicted molar refractivity (Wildman–Crippen MR) is 89.1 cm³/mol. The fraction of sp³-hybridized carbons (Fsp3) is 0.368. The molecule has 2 aromatic carbocycles. The summed E-state index contributed by atoms with van der Waals surface area (Å²) in [6, 6.07) is 14.7. The van der Waals surface area contributed by atoms with Crippen LogP contribution in [0.2, 0.25) is 0 Å². The third-order valence-corrected chi connectivity index (χ3v) is 3.53. The highest BCUT2D eigenvalue weighted by atomic mass is 16.5. The normalized spacial score (nSPS) is 12.5. The Morgan fingerprint density at radius 2 is 1.67 bits per heavy atom. The lowest BCUT2D eigenvalue weighted by molar-refractivity contribution is 0.473. The minimum Gasteiger partial charge on any atom is -0.457 e. The largest absolute Gasteiger partial charge is 0.457 e. The molecule has 2 nitrogen and oxygen atoms in total. The number of hydrogen-bond acceptors (Lipinski definition) is 2. The minimum atomic E-state index is 0.123. The number of rotatable bonds is 5. The molecule has 2 rings (SSSR count). The van der Waals surface area contributed by atoms with Crippen molar-refractivity contribution in [2.75, 3.05) is 0 Å². The molecule has 0 aromatic heterocycles. The van der Waals surface area contributed by atoms with Crippen molar-refractivity contribution in [1.29, 1.82) is 0 Å². The third-order valence-electron chi connectivity index (χ3n) is 3.53. The summed E-state index contributed by atoms with van der Waals surface area (Å²) < 4.78 is 6.04. The quantitative estimate of drug-likeness (QED) is 0.855. The number of aryl methyl sites for hydroxylation is 1.